The van der Waals surface area contributed by atoms with Crippen molar-refractivity contribution in [2.75, 3.05) is 6.61 Å². The minimum atomic E-state index is -0.397. The second-order valence-electron chi connectivity index (χ2n) is 5.60. The average molecular weight is 239 g/mol. The lowest BCUT2D eigenvalue weighted by Crippen LogP contribution is -2.24. The predicted molar refractivity (Wildman–Crippen MR) is 64.9 cm³/mol. The first-order valence-electron chi connectivity index (χ1n) is 5.83. The molecule has 0 unspecified atom stereocenters. The first-order chi connectivity index (χ1) is 7.73. The molecule has 0 saturated carbocycles. The van der Waals surface area contributed by atoms with Crippen molar-refractivity contribution >= 4 is 5.97 Å². The minimum Gasteiger partial charge on any atom is -0.461 e. The van der Waals surface area contributed by atoms with Crippen LogP contribution in [0.15, 0.2) is 0 Å². The van der Waals surface area contributed by atoms with Gasteiger partial charge in [-0.15, -0.1) is 5.10 Å². The molecule has 1 aromatic heterocycles. The molecule has 0 spiro atoms. The van der Waals surface area contributed by atoms with Gasteiger partial charge in [-0.25, -0.2) is 9.48 Å². The summed E-state index contributed by atoms with van der Waals surface area (Å²) in [4.78, 5) is 11.8. The van der Waals surface area contributed by atoms with Crippen molar-refractivity contribution in [1.82, 2.24) is 15.0 Å². The van der Waals surface area contributed by atoms with Crippen LogP contribution in [0.4, 0.5) is 0 Å². The summed E-state index contributed by atoms with van der Waals surface area (Å²) in [6.45, 7) is 12.3. The molecule has 0 aliphatic carbocycles. The van der Waals surface area contributed by atoms with Crippen LogP contribution in [0.25, 0.3) is 0 Å². The molecular formula is C12H21N3O2. The van der Waals surface area contributed by atoms with E-state index in [1.807, 2.05) is 41.5 Å². The molecule has 5 nitrogen and oxygen atoms in total. The summed E-state index contributed by atoms with van der Waals surface area (Å²) < 4.78 is 6.88. The Kier molecular flexibility index (Phi) is 3.91. The molecule has 1 rings (SSSR count). The van der Waals surface area contributed by atoms with Gasteiger partial charge in [-0.1, -0.05) is 19.1 Å². The van der Waals surface area contributed by atoms with E-state index in [4.69, 9.17) is 4.74 Å². The fourth-order valence-corrected chi connectivity index (χ4v) is 1.47. The first-order valence-corrected chi connectivity index (χ1v) is 5.83. The maximum absolute atomic E-state index is 11.8. The van der Waals surface area contributed by atoms with Gasteiger partial charge in [-0.05, 0) is 33.6 Å². The van der Waals surface area contributed by atoms with E-state index in [0.29, 0.717) is 18.2 Å². The molecule has 0 aliphatic rings. The van der Waals surface area contributed by atoms with Crippen LogP contribution in [0.5, 0.6) is 0 Å². The third-order valence-corrected chi connectivity index (χ3v) is 2.27. The Labute approximate surface area is 102 Å². The maximum atomic E-state index is 11.8. The zero-order valence-electron chi connectivity index (χ0n) is 11.4. The average Bonchev–Trinajstić information content (AvgIpc) is 2.55. The number of carbonyl (C=O) groups excluding carboxylic acids is 1. The monoisotopic (exact) mass is 239 g/mol. The molecule has 0 amide bonds. The summed E-state index contributed by atoms with van der Waals surface area (Å²) >= 11 is 0. The molecule has 96 valence electrons. The summed E-state index contributed by atoms with van der Waals surface area (Å²) in [5.41, 5.74) is 0.861. The number of carbonyl (C=O) groups is 1. The third kappa shape index (κ3) is 3.28. The highest BCUT2D eigenvalue weighted by atomic mass is 16.5. The Balaban J connectivity index is 2.86. The van der Waals surface area contributed by atoms with Gasteiger partial charge < -0.3 is 4.74 Å². The number of ether oxygens (including phenoxy) is 1. The van der Waals surface area contributed by atoms with Gasteiger partial charge in [0.2, 0.25) is 0 Å². The molecule has 0 radical (unpaired) electrons. The SMILES string of the molecule is Cc1c(C(=O)OCC(C)C)nnn1C(C)(C)C. The minimum absolute atomic E-state index is 0.187. The van der Waals surface area contributed by atoms with E-state index in [9.17, 15) is 4.79 Å². The zero-order chi connectivity index (χ0) is 13.2. The van der Waals surface area contributed by atoms with Gasteiger partial charge >= 0.3 is 5.97 Å². The van der Waals surface area contributed by atoms with Crippen LogP contribution < -0.4 is 0 Å². The molecule has 5 heteroatoms. The van der Waals surface area contributed by atoms with Gasteiger partial charge in [-0.3, -0.25) is 0 Å². The van der Waals surface area contributed by atoms with Crippen LogP contribution in [0.1, 0.15) is 50.8 Å². The standard InChI is InChI=1S/C12H21N3O2/c1-8(2)7-17-11(16)10-9(3)15(14-13-10)12(4,5)6/h8H,7H2,1-6H3. The van der Waals surface area contributed by atoms with Gasteiger partial charge in [0.05, 0.1) is 17.8 Å². The van der Waals surface area contributed by atoms with Crippen LogP contribution in [-0.4, -0.2) is 27.6 Å². The van der Waals surface area contributed by atoms with Gasteiger partial charge in [0.1, 0.15) is 0 Å². The lowest BCUT2D eigenvalue weighted by atomic mass is 10.1. The van der Waals surface area contributed by atoms with E-state index in [-0.39, 0.29) is 5.54 Å². The van der Waals surface area contributed by atoms with Gasteiger partial charge in [0, 0.05) is 0 Å². The number of hydrogen-bond donors (Lipinski definition) is 0. The molecule has 0 bridgehead atoms. The van der Waals surface area contributed by atoms with Crippen molar-refractivity contribution in [1.29, 1.82) is 0 Å². The highest BCUT2D eigenvalue weighted by Crippen LogP contribution is 2.17. The van der Waals surface area contributed by atoms with E-state index in [1.165, 1.54) is 0 Å². The van der Waals surface area contributed by atoms with Crippen LogP contribution in [0, 0.1) is 12.8 Å². The lowest BCUT2D eigenvalue weighted by molar-refractivity contribution is 0.0451. The largest absolute Gasteiger partial charge is 0.461 e. The zero-order valence-corrected chi connectivity index (χ0v) is 11.4. The van der Waals surface area contributed by atoms with Crippen molar-refractivity contribution < 1.29 is 9.53 Å². The summed E-state index contributed by atoms with van der Waals surface area (Å²) in [7, 11) is 0. The maximum Gasteiger partial charge on any atom is 0.360 e. The van der Waals surface area contributed by atoms with Crippen LogP contribution in [-0.2, 0) is 10.3 Å². The Morgan fingerprint density at radius 3 is 2.41 bits per heavy atom. The lowest BCUT2D eigenvalue weighted by Gasteiger charge is -2.19. The highest BCUT2D eigenvalue weighted by Gasteiger charge is 2.24. The molecule has 0 saturated heterocycles. The van der Waals surface area contributed by atoms with E-state index in [1.54, 1.807) is 4.68 Å². The fraction of sp³-hybridized carbons (Fsp3) is 0.750. The highest BCUT2D eigenvalue weighted by molar-refractivity contribution is 5.88. The number of hydrogen-bond acceptors (Lipinski definition) is 4. The molecule has 0 aromatic carbocycles. The Hall–Kier alpha value is -1.39. The summed E-state index contributed by atoms with van der Waals surface area (Å²) in [5.74, 6) is -0.0800. The fourth-order valence-electron chi connectivity index (χ4n) is 1.47. The molecule has 1 heterocycles. The summed E-state index contributed by atoms with van der Waals surface area (Å²) in [5, 5.41) is 7.90. The van der Waals surface area contributed by atoms with E-state index in [0.717, 1.165) is 5.69 Å². The third-order valence-electron chi connectivity index (χ3n) is 2.27. The van der Waals surface area contributed by atoms with Crippen molar-refractivity contribution in [3.63, 3.8) is 0 Å². The molecule has 1 aromatic rings. The van der Waals surface area contributed by atoms with Crippen LogP contribution in [0.3, 0.4) is 0 Å². The van der Waals surface area contributed by atoms with Crippen molar-refractivity contribution in [3.05, 3.63) is 11.4 Å². The number of aromatic nitrogens is 3. The smallest absolute Gasteiger partial charge is 0.360 e. The normalized spacial score (nSPS) is 11.9. The Morgan fingerprint density at radius 1 is 1.41 bits per heavy atom. The van der Waals surface area contributed by atoms with Crippen molar-refractivity contribution in [2.24, 2.45) is 5.92 Å². The molecule has 0 fully saturated rings. The van der Waals surface area contributed by atoms with Gasteiger partial charge in [-0.2, -0.15) is 0 Å². The number of nitrogens with zero attached hydrogens (tertiary/aromatic N) is 3. The quantitative estimate of drug-likeness (QED) is 0.758. The van der Waals surface area contributed by atoms with Crippen molar-refractivity contribution in [3.8, 4) is 0 Å². The first kappa shape index (κ1) is 13.7. The Morgan fingerprint density at radius 2 is 2.00 bits per heavy atom. The molecular weight excluding hydrogens is 218 g/mol. The Bertz CT molecular complexity index is 402. The molecule has 0 N–H and O–H groups in total. The van der Waals surface area contributed by atoms with Crippen LogP contribution in [0.2, 0.25) is 0 Å². The topological polar surface area (TPSA) is 57.0 Å². The predicted octanol–water partition coefficient (Wildman–Crippen LogP) is 2.15. The molecule has 17 heavy (non-hydrogen) atoms. The second-order valence-corrected chi connectivity index (χ2v) is 5.60. The number of rotatable bonds is 3. The van der Waals surface area contributed by atoms with Gasteiger partial charge in [0.25, 0.3) is 0 Å². The van der Waals surface area contributed by atoms with E-state index in [2.05, 4.69) is 10.3 Å². The summed E-state index contributed by atoms with van der Waals surface area (Å²) in [6, 6.07) is 0. The summed E-state index contributed by atoms with van der Waals surface area (Å²) in [6.07, 6.45) is 0. The van der Waals surface area contributed by atoms with E-state index >= 15 is 0 Å². The molecule has 0 aliphatic heterocycles. The van der Waals surface area contributed by atoms with Gasteiger partial charge in [0.15, 0.2) is 5.69 Å². The second kappa shape index (κ2) is 4.85. The van der Waals surface area contributed by atoms with Crippen molar-refractivity contribution in [2.45, 2.75) is 47.1 Å². The number of esters is 1. The van der Waals surface area contributed by atoms with Crippen LogP contribution >= 0.6 is 0 Å². The van der Waals surface area contributed by atoms with E-state index < -0.39 is 5.97 Å². The molecule has 0 atom stereocenters.